The number of aromatic nitrogens is 2. The number of nitrogen functional groups attached to an aromatic ring is 1. The third-order valence-electron chi connectivity index (χ3n) is 8.03. The Labute approximate surface area is 232 Å². The van der Waals surface area contributed by atoms with E-state index < -0.39 is 0 Å². The van der Waals surface area contributed by atoms with Crippen molar-refractivity contribution in [3.63, 3.8) is 0 Å². The molecular formula is C37H27N3. The molecule has 2 heterocycles. The maximum Gasteiger partial charge on any atom is 0.0561 e. The highest BCUT2D eigenvalue weighted by Crippen LogP contribution is 2.35. The first-order valence-electron chi connectivity index (χ1n) is 13.7. The van der Waals surface area contributed by atoms with Crippen molar-refractivity contribution in [2.75, 3.05) is 5.73 Å². The van der Waals surface area contributed by atoms with Crippen LogP contribution < -0.4 is 5.73 Å². The van der Waals surface area contributed by atoms with Crippen LogP contribution in [0, 0.1) is 0 Å². The zero-order valence-electron chi connectivity index (χ0n) is 22.0. The zero-order chi connectivity index (χ0) is 26.6. The summed E-state index contributed by atoms with van der Waals surface area (Å²) in [6, 6.07) is 49.9. The Kier molecular flexibility index (Phi) is 5.04. The lowest BCUT2D eigenvalue weighted by Crippen LogP contribution is -1.95. The van der Waals surface area contributed by atoms with Crippen LogP contribution in [0.3, 0.4) is 0 Å². The maximum absolute atomic E-state index is 6.23. The number of para-hydroxylation sites is 3. The number of nitrogens with zero attached hydrogens (tertiary/aromatic N) is 2. The van der Waals surface area contributed by atoms with E-state index in [0.717, 1.165) is 23.3 Å². The summed E-state index contributed by atoms with van der Waals surface area (Å²) in [6.45, 7) is 0. The number of rotatable bonds is 4. The van der Waals surface area contributed by atoms with E-state index in [1.807, 2.05) is 6.07 Å². The van der Waals surface area contributed by atoms with Gasteiger partial charge in [-0.1, -0.05) is 78.9 Å². The molecule has 0 aliphatic carbocycles. The molecule has 0 spiro atoms. The number of benzene rings is 6. The van der Waals surface area contributed by atoms with Gasteiger partial charge in [-0.15, -0.1) is 0 Å². The predicted octanol–water partition coefficient (Wildman–Crippen LogP) is 9.05. The predicted molar refractivity (Wildman–Crippen MR) is 169 cm³/mol. The number of hydrogen-bond acceptors (Lipinski definition) is 1. The van der Waals surface area contributed by atoms with Crippen LogP contribution in [0.5, 0.6) is 0 Å². The van der Waals surface area contributed by atoms with Gasteiger partial charge in [-0.25, -0.2) is 0 Å². The van der Waals surface area contributed by atoms with Crippen molar-refractivity contribution in [2.24, 2.45) is 0 Å². The van der Waals surface area contributed by atoms with Crippen LogP contribution in [0.2, 0.25) is 0 Å². The molecule has 0 atom stereocenters. The molecule has 190 valence electrons. The lowest BCUT2D eigenvalue weighted by molar-refractivity contribution is 1.16. The van der Waals surface area contributed by atoms with Gasteiger partial charge in [0.25, 0.3) is 0 Å². The van der Waals surface area contributed by atoms with E-state index in [1.165, 1.54) is 54.9 Å². The van der Waals surface area contributed by atoms with Gasteiger partial charge in [0.2, 0.25) is 0 Å². The summed E-state index contributed by atoms with van der Waals surface area (Å²) in [5, 5.41) is 5.02. The van der Waals surface area contributed by atoms with E-state index in [9.17, 15) is 0 Å². The summed E-state index contributed by atoms with van der Waals surface area (Å²) in [4.78, 5) is 0. The molecule has 0 saturated heterocycles. The van der Waals surface area contributed by atoms with E-state index in [1.54, 1.807) is 0 Å². The standard InChI is InChI=1S/C37H27N3/c38-27-17-19-32-31-18-15-26(23-36(31)40(37(32)24-27)29-11-5-2-6-12-29)21-25-16-20-35-33(22-25)30-13-7-8-14-34(30)39(35)28-9-3-1-4-10-28/h1-20,22-24H,21,38H2. The van der Waals surface area contributed by atoms with E-state index in [4.69, 9.17) is 5.73 Å². The topological polar surface area (TPSA) is 35.9 Å². The minimum Gasteiger partial charge on any atom is -0.399 e. The number of anilines is 1. The summed E-state index contributed by atoms with van der Waals surface area (Å²) in [7, 11) is 0. The molecule has 0 amide bonds. The molecule has 8 aromatic rings. The molecule has 0 aliphatic heterocycles. The first-order chi connectivity index (χ1) is 19.7. The van der Waals surface area contributed by atoms with Gasteiger partial charge in [-0.05, 0) is 78.2 Å². The van der Waals surface area contributed by atoms with Crippen LogP contribution in [-0.2, 0) is 6.42 Å². The lowest BCUT2D eigenvalue weighted by Gasteiger charge is -2.10. The highest BCUT2D eigenvalue weighted by molar-refractivity contribution is 6.11. The Hall–Kier alpha value is -5.28. The Bertz CT molecular complexity index is 2180. The first kappa shape index (κ1) is 22.7. The van der Waals surface area contributed by atoms with Crippen LogP contribution in [0.25, 0.3) is 55.0 Å². The van der Waals surface area contributed by atoms with Gasteiger partial charge >= 0.3 is 0 Å². The van der Waals surface area contributed by atoms with Crippen molar-refractivity contribution in [1.29, 1.82) is 0 Å². The molecule has 8 rings (SSSR count). The first-order valence-corrected chi connectivity index (χ1v) is 13.7. The Morgan fingerprint density at radius 2 is 0.925 bits per heavy atom. The van der Waals surface area contributed by atoms with Crippen molar-refractivity contribution in [3.05, 3.63) is 151 Å². The zero-order valence-corrected chi connectivity index (χ0v) is 22.0. The van der Waals surface area contributed by atoms with Crippen LogP contribution in [0.4, 0.5) is 5.69 Å². The van der Waals surface area contributed by atoms with Gasteiger partial charge in [0.15, 0.2) is 0 Å². The summed E-state index contributed by atoms with van der Waals surface area (Å²) >= 11 is 0. The fourth-order valence-electron chi connectivity index (χ4n) is 6.27. The molecule has 2 aromatic heterocycles. The number of hydrogen-bond donors (Lipinski definition) is 1. The average Bonchev–Trinajstić information content (AvgIpc) is 3.49. The number of nitrogens with two attached hydrogens (primary N) is 1. The van der Waals surface area contributed by atoms with Gasteiger partial charge in [0.05, 0.1) is 22.1 Å². The fourth-order valence-corrected chi connectivity index (χ4v) is 6.27. The summed E-state index contributed by atoms with van der Waals surface area (Å²) in [5.41, 5.74) is 16.7. The molecule has 3 nitrogen and oxygen atoms in total. The Morgan fingerprint density at radius 1 is 0.400 bits per heavy atom. The molecule has 0 radical (unpaired) electrons. The summed E-state index contributed by atoms with van der Waals surface area (Å²) in [6.07, 6.45) is 0.856. The second-order valence-electron chi connectivity index (χ2n) is 10.5. The Balaban J connectivity index is 1.28. The molecule has 0 fully saturated rings. The molecule has 0 saturated carbocycles. The van der Waals surface area contributed by atoms with Gasteiger partial charge in [0.1, 0.15) is 0 Å². The second-order valence-corrected chi connectivity index (χ2v) is 10.5. The Morgan fingerprint density at radius 3 is 1.68 bits per heavy atom. The smallest absolute Gasteiger partial charge is 0.0561 e. The third kappa shape index (κ3) is 3.52. The highest BCUT2D eigenvalue weighted by atomic mass is 15.0. The minimum absolute atomic E-state index is 0.774. The van der Waals surface area contributed by atoms with E-state index in [2.05, 4.69) is 143 Å². The van der Waals surface area contributed by atoms with Crippen LogP contribution in [-0.4, -0.2) is 9.13 Å². The van der Waals surface area contributed by atoms with Gasteiger partial charge in [-0.2, -0.15) is 0 Å². The second kappa shape index (κ2) is 8.89. The van der Waals surface area contributed by atoms with Crippen LogP contribution in [0.15, 0.2) is 140 Å². The van der Waals surface area contributed by atoms with Crippen molar-refractivity contribution in [3.8, 4) is 11.4 Å². The van der Waals surface area contributed by atoms with Gasteiger partial charge < -0.3 is 14.9 Å². The number of fused-ring (bicyclic) bond motifs is 6. The third-order valence-corrected chi connectivity index (χ3v) is 8.03. The van der Waals surface area contributed by atoms with Crippen molar-refractivity contribution in [2.45, 2.75) is 6.42 Å². The van der Waals surface area contributed by atoms with Crippen LogP contribution in [0.1, 0.15) is 11.1 Å². The molecule has 3 heteroatoms. The van der Waals surface area contributed by atoms with Crippen molar-refractivity contribution in [1.82, 2.24) is 9.13 Å². The quantitative estimate of drug-likeness (QED) is 0.234. The molecule has 40 heavy (non-hydrogen) atoms. The highest BCUT2D eigenvalue weighted by Gasteiger charge is 2.15. The van der Waals surface area contributed by atoms with E-state index >= 15 is 0 Å². The molecule has 6 aromatic carbocycles. The normalized spacial score (nSPS) is 11.7. The molecule has 0 aliphatic rings. The summed E-state index contributed by atoms with van der Waals surface area (Å²) < 4.78 is 4.70. The molecular weight excluding hydrogens is 486 g/mol. The molecule has 0 unspecified atom stereocenters. The van der Waals surface area contributed by atoms with Crippen molar-refractivity contribution >= 4 is 49.3 Å². The largest absolute Gasteiger partial charge is 0.399 e. The van der Waals surface area contributed by atoms with Crippen LogP contribution >= 0.6 is 0 Å². The van der Waals surface area contributed by atoms with E-state index in [0.29, 0.717) is 0 Å². The lowest BCUT2D eigenvalue weighted by atomic mass is 10.0. The monoisotopic (exact) mass is 513 g/mol. The SMILES string of the molecule is Nc1ccc2c3ccc(Cc4ccc5c(c4)c4ccccc4n5-c4ccccc4)cc3n(-c3ccccc3)c2c1. The minimum atomic E-state index is 0.774. The van der Waals surface area contributed by atoms with Crippen molar-refractivity contribution < 1.29 is 0 Å². The molecule has 2 N–H and O–H groups in total. The maximum atomic E-state index is 6.23. The summed E-state index contributed by atoms with van der Waals surface area (Å²) in [5.74, 6) is 0. The van der Waals surface area contributed by atoms with Gasteiger partial charge in [-0.3, -0.25) is 0 Å². The fraction of sp³-hybridized carbons (Fsp3) is 0.0270. The van der Waals surface area contributed by atoms with E-state index in [-0.39, 0.29) is 0 Å². The molecule has 0 bridgehead atoms. The van der Waals surface area contributed by atoms with Gasteiger partial charge in [0, 0.05) is 38.6 Å². The average molecular weight is 514 g/mol.